The summed E-state index contributed by atoms with van der Waals surface area (Å²) in [4.78, 5) is 24.7. The van der Waals surface area contributed by atoms with E-state index in [0.29, 0.717) is 19.4 Å². The molecule has 80 heavy (non-hydrogen) atoms. The van der Waals surface area contributed by atoms with Crippen LogP contribution in [0.1, 0.15) is 399 Å². The second-order valence-electron chi connectivity index (χ2n) is 24.9. The molecule has 0 aromatic carbocycles. The number of nitrogens with one attached hydrogen (secondary N) is 1. The molecule has 472 valence electrons. The predicted molar refractivity (Wildman–Crippen MR) is 352 cm³/mol. The number of unbranched alkanes of at least 4 members (excludes halogenated alkanes) is 53. The van der Waals surface area contributed by atoms with Crippen LogP contribution in [0.3, 0.4) is 0 Å². The third kappa shape index (κ3) is 65.2. The van der Waals surface area contributed by atoms with Crippen LogP contribution < -0.4 is 5.32 Å². The lowest BCUT2D eigenvalue weighted by Crippen LogP contribution is -2.45. The minimum atomic E-state index is -0.848. The molecule has 0 rings (SSSR count). The Morgan fingerprint density at radius 2 is 0.625 bits per heavy atom. The highest BCUT2D eigenvalue weighted by Crippen LogP contribution is 2.19. The molecule has 0 saturated heterocycles. The number of allylic oxidation sites excluding steroid dienone is 5. The van der Waals surface area contributed by atoms with Gasteiger partial charge < -0.3 is 20.3 Å². The van der Waals surface area contributed by atoms with Crippen molar-refractivity contribution in [2.45, 2.75) is 411 Å². The van der Waals surface area contributed by atoms with Gasteiger partial charge in [-0.1, -0.05) is 359 Å². The summed E-state index contributed by atoms with van der Waals surface area (Å²) in [6, 6.07) is -0.632. The minimum Gasteiger partial charge on any atom is -0.466 e. The third-order valence-electron chi connectivity index (χ3n) is 16.9. The number of hydrogen-bond acceptors (Lipinski definition) is 5. The van der Waals surface area contributed by atoms with Gasteiger partial charge >= 0.3 is 5.97 Å². The second kappa shape index (κ2) is 69.6. The van der Waals surface area contributed by atoms with Crippen LogP contribution in [0, 0.1) is 0 Å². The number of hydrogen-bond donors (Lipinski definition) is 3. The zero-order valence-corrected chi connectivity index (χ0v) is 54.1. The lowest BCUT2D eigenvalue weighted by atomic mass is 10.0. The van der Waals surface area contributed by atoms with Crippen molar-refractivity contribution < 1.29 is 24.5 Å². The van der Waals surface area contributed by atoms with Crippen LogP contribution in [0.25, 0.3) is 0 Å². The summed E-state index contributed by atoms with van der Waals surface area (Å²) >= 11 is 0. The van der Waals surface area contributed by atoms with Crippen molar-refractivity contribution in [2.75, 3.05) is 13.2 Å². The number of rotatable bonds is 68. The van der Waals surface area contributed by atoms with E-state index in [4.69, 9.17) is 4.74 Å². The van der Waals surface area contributed by atoms with Gasteiger partial charge in [0.05, 0.1) is 25.4 Å². The molecule has 2 unspecified atom stereocenters. The second-order valence-corrected chi connectivity index (χ2v) is 24.9. The number of amides is 1. The first-order valence-electron chi connectivity index (χ1n) is 36.3. The first-order valence-corrected chi connectivity index (χ1v) is 36.3. The number of aliphatic hydroxyl groups is 2. The lowest BCUT2D eigenvalue weighted by Gasteiger charge is -2.20. The van der Waals surface area contributed by atoms with Gasteiger partial charge in [0.15, 0.2) is 0 Å². The van der Waals surface area contributed by atoms with E-state index in [0.717, 1.165) is 51.4 Å². The van der Waals surface area contributed by atoms with E-state index < -0.39 is 12.1 Å². The van der Waals surface area contributed by atoms with Gasteiger partial charge in [-0.2, -0.15) is 0 Å². The van der Waals surface area contributed by atoms with Crippen LogP contribution in [0.5, 0.6) is 0 Å². The maximum atomic E-state index is 12.5. The summed E-state index contributed by atoms with van der Waals surface area (Å²) in [7, 11) is 0. The Balaban J connectivity index is 3.42. The summed E-state index contributed by atoms with van der Waals surface area (Å²) in [5, 5.41) is 23.3. The van der Waals surface area contributed by atoms with Gasteiger partial charge in [0, 0.05) is 12.8 Å². The van der Waals surface area contributed by atoms with Crippen LogP contribution >= 0.6 is 0 Å². The number of ether oxygens (including phenoxy) is 1. The van der Waals surface area contributed by atoms with E-state index in [1.165, 1.54) is 321 Å². The van der Waals surface area contributed by atoms with E-state index in [1.807, 2.05) is 6.08 Å². The maximum absolute atomic E-state index is 12.5. The summed E-state index contributed by atoms with van der Waals surface area (Å²) in [6.45, 7) is 4.92. The Morgan fingerprint density at radius 3 is 0.963 bits per heavy atom. The van der Waals surface area contributed by atoms with Crippen molar-refractivity contribution >= 4 is 11.9 Å². The normalized spacial score (nSPS) is 12.7. The van der Waals surface area contributed by atoms with Crippen molar-refractivity contribution in [3.05, 3.63) is 36.5 Å². The molecular weight excluding hydrogens is 983 g/mol. The Hall–Kier alpha value is -1.92. The van der Waals surface area contributed by atoms with Gasteiger partial charge in [-0.15, -0.1) is 0 Å². The van der Waals surface area contributed by atoms with Crippen molar-refractivity contribution in [1.82, 2.24) is 5.32 Å². The Labute approximate surface area is 500 Å². The number of carbonyl (C=O) groups is 2. The van der Waals surface area contributed by atoms with E-state index >= 15 is 0 Å². The van der Waals surface area contributed by atoms with Crippen LogP contribution in [0.15, 0.2) is 36.5 Å². The highest BCUT2D eigenvalue weighted by Gasteiger charge is 2.18. The van der Waals surface area contributed by atoms with Crippen LogP contribution in [-0.4, -0.2) is 47.4 Å². The average Bonchev–Trinajstić information content (AvgIpc) is 3.46. The highest BCUT2D eigenvalue weighted by atomic mass is 16.5. The summed E-state index contributed by atoms with van der Waals surface area (Å²) in [5.74, 6) is -0.0623. The minimum absolute atomic E-state index is 0.00344. The quantitative estimate of drug-likeness (QED) is 0.0320. The van der Waals surface area contributed by atoms with Gasteiger partial charge in [0.2, 0.25) is 5.91 Å². The molecule has 6 heteroatoms. The molecule has 6 nitrogen and oxygen atoms in total. The van der Waals surface area contributed by atoms with Crippen molar-refractivity contribution in [1.29, 1.82) is 0 Å². The van der Waals surface area contributed by atoms with Gasteiger partial charge in [-0.3, -0.25) is 9.59 Å². The molecule has 0 spiro atoms. The van der Waals surface area contributed by atoms with Crippen molar-refractivity contribution in [3.8, 4) is 0 Å². The molecule has 1 amide bonds. The van der Waals surface area contributed by atoms with Crippen LogP contribution in [0.4, 0.5) is 0 Å². The molecular formula is C74H141NO5. The first-order chi connectivity index (χ1) is 39.5. The molecule has 0 aliphatic carbocycles. The lowest BCUT2D eigenvalue weighted by molar-refractivity contribution is -0.143. The number of carbonyl (C=O) groups excluding carboxylic acids is 2. The molecule has 0 radical (unpaired) electrons. The fraction of sp³-hybridized carbons (Fsp3) is 0.892. The molecule has 2 atom stereocenters. The van der Waals surface area contributed by atoms with Crippen molar-refractivity contribution in [3.63, 3.8) is 0 Å². The van der Waals surface area contributed by atoms with E-state index in [-0.39, 0.29) is 18.5 Å². The fourth-order valence-electron chi connectivity index (χ4n) is 11.4. The van der Waals surface area contributed by atoms with Gasteiger partial charge in [0.1, 0.15) is 0 Å². The van der Waals surface area contributed by atoms with Gasteiger partial charge in [0.25, 0.3) is 0 Å². The number of aliphatic hydroxyl groups excluding tert-OH is 2. The number of esters is 1. The molecule has 0 fully saturated rings. The third-order valence-corrected chi connectivity index (χ3v) is 16.9. The predicted octanol–water partition coefficient (Wildman–Crippen LogP) is 23.5. The van der Waals surface area contributed by atoms with E-state index in [2.05, 4.69) is 43.5 Å². The van der Waals surface area contributed by atoms with Crippen LogP contribution in [-0.2, 0) is 14.3 Å². The largest absolute Gasteiger partial charge is 0.466 e. The summed E-state index contributed by atoms with van der Waals surface area (Å²) < 4.78 is 5.50. The Kier molecular flexibility index (Phi) is 67.9. The standard InChI is InChI=1S/C74H141NO5/c1-3-5-7-9-11-13-15-17-19-21-23-24-25-26-27-28-31-34-38-42-46-50-54-58-62-66-72(77)71(70-76)75-73(78)67-63-59-55-51-47-43-39-35-32-29-30-33-37-41-45-49-53-57-61-65-69-80-74(79)68-64-60-56-52-48-44-40-36-22-20-18-16-14-12-10-8-6-4-2/h14,16,20,22,62,66,71-72,76-77H,3-13,15,17-19,21,23-61,63-65,67-70H2,1-2H3,(H,75,78)/b16-14-,22-20-,66-62+. The molecule has 0 heterocycles. The Morgan fingerprint density at radius 1 is 0.350 bits per heavy atom. The SMILES string of the molecule is CCCCCC/C=C\C/C=C\CCCCCCCCCC(=O)OCCCCCCCCCCCCCCCCCCCCCCC(=O)NC(CO)C(O)/C=C/CCCCCCCCCCCCCCCCCCCCCCCCC. The molecule has 0 aliphatic heterocycles. The van der Waals surface area contributed by atoms with Gasteiger partial charge in [-0.25, -0.2) is 0 Å². The molecule has 3 N–H and O–H groups in total. The van der Waals surface area contributed by atoms with E-state index in [9.17, 15) is 19.8 Å². The highest BCUT2D eigenvalue weighted by molar-refractivity contribution is 5.76. The van der Waals surface area contributed by atoms with Crippen LogP contribution in [0.2, 0.25) is 0 Å². The average molecular weight is 1120 g/mol. The molecule has 0 saturated carbocycles. The van der Waals surface area contributed by atoms with E-state index in [1.54, 1.807) is 6.08 Å². The first kappa shape index (κ1) is 78.1. The fourth-order valence-corrected chi connectivity index (χ4v) is 11.4. The zero-order chi connectivity index (χ0) is 57.8. The maximum Gasteiger partial charge on any atom is 0.305 e. The van der Waals surface area contributed by atoms with Gasteiger partial charge in [-0.05, 0) is 64.2 Å². The molecule has 0 aliphatic rings. The molecule has 0 bridgehead atoms. The summed E-state index contributed by atoms with van der Waals surface area (Å²) in [6.07, 6.45) is 89.3. The molecule has 0 aromatic heterocycles. The van der Waals surface area contributed by atoms with Crippen molar-refractivity contribution in [2.24, 2.45) is 0 Å². The summed E-state index contributed by atoms with van der Waals surface area (Å²) in [5.41, 5.74) is 0. The zero-order valence-electron chi connectivity index (χ0n) is 54.1. The smallest absolute Gasteiger partial charge is 0.305 e. The topological polar surface area (TPSA) is 95.9 Å². The monoisotopic (exact) mass is 1120 g/mol. The Bertz CT molecular complexity index is 1300. The molecule has 0 aromatic rings.